The highest BCUT2D eigenvalue weighted by molar-refractivity contribution is 5.75. The Balaban J connectivity index is 2.06. The molecule has 2 aliphatic rings. The Kier molecular flexibility index (Phi) is 2.28. The van der Waals surface area contributed by atoms with E-state index in [1.165, 1.54) is 0 Å². The van der Waals surface area contributed by atoms with Crippen LogP contribution in [0.1, 0.15) is 31.9 Å². The van der Waals surface area contributed by atoms with Gasteiger partial charge in [-0.25, -0.2) is 0 Å². The van der Waals surface area contributed by atoms with Crippen LogP contribution in [0.5, 0.6) is 0 Å². The van der Waals surface area contributed by atoms with E-state index in [0.29, 0.717) is 6.42 Å². The minimum absolute atomic E-state index is 0.648. The summed E-state index contributed by atoms with van der Waals surface area (Å²) < 4.78 is 5.34. The summed E-state index contributed by atoms with van der Waals surface area (Å²) in [6, 6.07) is 3.70. The minimum atomic E-state index is -1.01. The number of hydrogen-bond acceptors (Lipinski definition) is 3. The summed E-state index contributed by atoms with van der Waals surface area (Å²) in [4.78, 5) is 0. The molecule has 0 spiro atoms. The maximum absolute atomic E-state index is 10.3. The smallest absolute Gasteiger partial charge is 0.129 e. The van der Waals surface area contributed by atoms with Gasteiger partial charge in [-0.3, -0.25) is 0 Å². The fraction of sp³-hybridized carbons (Fsp3) is 0.429. The summed E-state index contributed by atoms with van der Waals surface area (Å²) in [5, 5.41) is 20.5. The van der Waals surface area contributed by atoms with E-state index in [1.807, 2.05) is 25.1 Å². The van der Waals surface area contributed by atoms with Gasteiger partial charge in [-0.05, 0) is 55.0 Å². The van der Waals surface area contributed by atoms with Crippen molar-refractivity contribution >= 4 is 5.57 Å². The van der Waals surface area contributed by atoms with Gasteiger partial charge in [0, 0.05) is 0 Å². The number of hydrogen-bond donors (Lipinski definition) is 2. The molecule has 0 unspecified atom stereocenters. The van der Waals surface area contributed by atoms with E-state index >= 15 is 0 Å². The van der Waals surface area contributed by atoms with Gasteiger partial charge in [0.1, 0.15) is 17.5 Å². The molecule has 0 radical (unpaired) electrons. The second-order valence-corrected chi connectivity index (χ2v) is 4.85. The Morgan fingerprint density at radius 1 is 1.53 bits per heavy atom. The van der Waals surface area contributed by atoms with Crippen molar-refractivity contribution in [2.45, 2.75) is 37.9 Å². The number of rotatable bonds is 1. The lowest BCUT2D eigenvalue weighted by Gasteiger charge is -2.50. The molecule has 0 amide bonds. The van der Waals surface area contributed by atoms with Crippen LogP contribution < -0.4 is 0 Å². The van der Waals surface area contributed by atoms with E-state index in [-0.39, 0.29) is 0 Å². The monoisotopic (exact) mass is 232 g/mol. The van der Waals surface area contributed by atoms with Crippen LogP contribution in [0, 0.1) is 0 Å². The van der Waals surface area contributed by atoms with Crippen molar-refractivity contribution in [2.24, 2.45) is 0 Å². The van der Waals surface area contributed by atoms with E-state index in [4.69, 9.17) is 4.42 Å². The molecule has 1 aromatic rings. The highest BCUT2D eigenvalue weighted by atomic mass is 16.3. The third-order valence-corrected chi connectivity index (χ3v) is 3.89. The zero-order chi connectivity index (χ0) is 12.0. The van der Waals surface area contributed by atoms with Gasteiger partial charge in [0.2, 0.25) is 0 Å². The lowest BCUT2D eigenvalue weighted by Crippen LogP contribution is -2.57. The van der Waals surface area contributed by atoms with Gasteiger partial charge < -0.3 is 14.6 Å². The fourth-order valence-electron chi connectivity index (χ4n) is 2.90. The van der Waals surface area contributed by atoms with E-state index in [0.717, 1.165) is 35.3 Å². The van der Waals surface area contributed by atoms with E-state index in [1.54, 1.807) is 6.26 Å². The fourth-order valence-corrected chi connectivity index (χ4v) is 2.90. The van der Waals surface area contributed by atoms with Crippen LogP contribution >= 0.6 is 0 Å². The first-order chi connectivity index (χ1) is 8.14. The van der Waals surface area contributed by atoms with E-state index < -0.39 is 11.7 Å². The van der Waals surface area contributed by atoms with Crippen LogP contribution in [0.4, 0.5) is 0 Å². The molecule has 0 aliphatic heterocycles. The normalized spacial score (nSPS) is 34.8. The van der Waals surface area contributed by atoms with Crippen molar-refractivity contribution < 1.29 is 14.6 Å². The quantitative estimate of drug-likeness (QED) is 0.781. The maximum Gasteiger partial charge on any atom is 0.129 e. The number of fused-ring (bicyclic) bond motifs is 1. The predicted octanol–water partition coefficient (Wildman–Crippen LogP) is 2.27. The Labute approximate surface area is 100 Å². The molecule has 2 atom stereocenters. The van der Waals surface area contributed by atoms with Crippen molar-refractivity contribution in [2.75, 3.05) is 0 Å². The summed E-state index contributed by atoms with van der Waals surface area (Å²) in [6.45, 7) is 1.92. The standard InChI is InChI=1S/C14H16O3/c1-9(11-6-4-8-17-11)12-10-5-2-3-7-14(10,16)13(12)15/h4-6,8,13,15-16H,2-3,7H2,1H3/b12-9+/t13-,14+/m0/s1. The van der Waals surface area contributed by atoms with Crippen molar-refractivity contribution in [1.29, 1.82) is 0 Å². The maximum atomic E-state index is 10.3. The predicted molar refractivity (Wildman–Crippen MR) is 64.2 cm³/mol. The highest BCUT2D eigenvalue weighted by Crippen LogP contribution is 2.51. The van der Waals surface area contributed by atoms with Crippen LogP contribution in [0.3, 0.4) is 0 Å². The van der Waals surface area contributed by atoms with E-state index in [9.17, 15) is 10.2 Å². The average Bonchev–Trinajstić information content (AvgIpc) is 2.85. The van der Waals surface area contributed by atoms with Gasteiger partial charge in [0.15, 0.2) is 0 Å². The molecular weight excluding hydrogens is 216 g/mol. The summed E-state index contributed by atoms with van der Waals surface area (Å²) in [6.07, 6.45) is 5.43. The SMILES string of the molecule is C/C(=C1/C2=CCCC[C@]2(O)[C@H]1O)c1ccco1. The van der Waals surface area contributed by atoms with Gasteiger partial charge in [-0.1, -0.05) is 6.08 Å². The molecule has 1 aromatic heterocycles. The van der Waals surface area contributed by atoms with Crippen molar-refractivity contribution in [3.05, 3.63) is 41.4 Å². The second kappa shape index (κ2) is 3.59. The third kappa shape index (κ3) is 1.36. The Bertz CT molecular complexity index is 496. The van der Waals surface area contributed by atoms with Crippen LogP contribution in [0.25, 0.3) is 5.57 Å². The summed E-state index contributed by atoms with van der Waals surface area (Å²) in [5.74, 6) is 0.757. The molecule has 3 nitrogen and oxygen atoms in total. The van der Waals surface area contributed by atoms with Crippen LogP contribution in [0.2, 0.25) is 0 Å². The molecule has 0 bridgehead atoms. The third-order valence-electron chi connectivity index (χ3n) is 3.89. The number of aliphatic hydroxyl groups excluding tert-OH is 1. The second-order valence-electron chi connectivity index (χ2n) is 4.85. The van der Waals surface area contributed by atoms with Crippen molar-refractivity contribution in [3.63, 3.8) is 0 Å². The highest BCUT2D eigenvalue weighted by Gasteiger charge is 2.54. The average molecular weight is 232 g/mol. The summed E-state index contributed by atoms with van der Waals surface area (Å²) in [5.41, 5.74) is 1.63. The number of aliphatic hydroxyl groups is 2. The van der Waals surface area contributed by atoms with Crippen LogP contribution in [-0.4, -0.2) is 21.9 Å². The van der Waals surface area contributed by atoms with Crippen molar-refractivity contribution in [1.82, 2.24) is 0 Å². The molecule has 90 valence electrons. The Morgan fingerprint density at radius 3 is 3.06 bits per heavy atom. The number of furan rings is 1. The number of allylic oxidation sites excluding steroid dienone is 2. The molecule has 3 heteroatoms. The molecule has 2 aliphatic carbocycles. The molecule has 17 heavy (non-hydrogen) atoms. The van der Waals surface area contributed by atoms with Gasteiger partial charge in [0.25, 0.3) is 0 Å². The van der Waals surface area contributed by atoms with E-state index in [2.05, 4.69) is 0 Å². The molecule has 1 saturated carbocycles. The van der Waals surface area contributed by atoms with Gasteiger partial charge in [-0.2, -0.15) is 0 Å². The molecule has 1 heterocycles. The van der Waals surface area contributed by atoms with Crippen LogP contribution in [0.15, 0.2) is 40.0 Å². The first kappa shape index (κ1) is 10.8. The van der Waals surface area contributed by atoms with Crippen molar-refractivity contribution in [3.8, 4) is 0 Å². The largest absolute Gasteiger partial charge is 0.465 e. The minimum Gasteiger partial charge on any atom is -0.465 e. The first-order valence-electron chi connectivity index (χ1n) is 6.00. The summed E-state index contributed by atoms with van der Waals surface area (Å²) in [7, 11) is 0. The Morgan fingerprint density at radius 2 is 2.35 bits per heavy atom. The molecule has 3 rings (SSSR count). The molecule has 2 N–H and O–H groups in total. The van der Waals surface area contributed by atoms with Crippen LogP contribution in [-0.2, 0) is 0 Å². The molecule has 0 aromatic carbocycles. The zero-order valence-electron chi connectivity index (χ0n) is 9.81. The van der Waals surface area contributed by atoms with Gasteiger partial charge >= 0.3 is 0 Å². The summed E-state index contributed by atoms with van der Waals surface area (Å²) >= 11 is 0. The van der Waals surface area contributed by atoms with Gasteiger partial charge in [0.05, 0.1) is 6.26 Å². The molecule has 0 saturated heterocycles. The molecular formula is C14H16O3. The lowest BCUT2D eigenvalue weighted by atomic mass is 9.61. The zero-order valence-corrected chi connectivity index (χ0v) is 9.81. The molecule has 1 fully saturated rings. The van der Waals surface area contributed by atoms with Gasteiger partial charge in [-0.15, -0.1) is 0 Å². The lowest BCUT2D eigenvalue weighted by molar-refractivity contribution is -0.0695. The first-order valence-corrected chi connectivity index (χ1v) is 6.00. The Hall–Kier alpha value is -1.32. The topological polar surface area (TPSA) is 53.6 Å².